The molecule has 0 aromatic carbocycles. The minimum absolute atomic E-state index is 0.676. The van der Waals surface area contributed by atoms with Crippen molar-refractivity contribution >= 4 is 0 Å². The Morgan fingerprint density at radius 2 is 1.13 bits per heavy atom. The molecule has 4 saturated carbocycles. The number of hydrogen-bond donors (Lipinski definition) is 0. The maximum Gasteiger partial charge on any atom is 0.0996 e. The lowest BCUT2D eigenvalue weighted by atomic mass is 9.52. The largest absolute Gasteiger partial charge is 0.324 e. The molecule has 0 unspecified atom stereocenters. The minimum Gasteiger partial charge on any atom is -0.324 e. The van der Waals surface area contributed by atoms with Crippen LogP contribution in [0.15, 0.2) is 0 Å². The standard InChI is InChI=1S/C22H42N/c1-4-5-6-7-8-9-10-11-12-23(2,3)22-16-19-13-20(17-22)15-21(14-19)18-22/h19-21H,4-18H2,1-3H3/q+1. The molecule has 0 saturated heterocycles. The molecule has 0 amide bonds. The average molecular weight is 321 g/mol. The summed E-state index contributed by atoms with van der Waals surface area (Å²) in [6, 6.07) is 0. The molecule has 0 aromatic rings. The first-order valence-electron chi connectivity index (χ1n) is 10.9. The fourth-order valence-corrected chi connectivity index (χ4v) is 6.68. The third-order valence-corrected chi connectivity index (χ3v) is 7.86. The molecule has 4 aliphatic carbocycles. The fraction of sp³-hybridized carbons (Fsp3) is 1.00. The third-order valence-electron chi connectivity index (χ3n) is 7.86. The second kappa shape index (κ2) is 7.46. The maximum absolute atomic E-state index is 2.58. The molecule has 0 aromatic heterocycles. The van der Waals surface area contributed by atoms with Crippen molar-refractivity contribution in [1.29, 1.82) is 0 Å². The number of quaternary nitrogens is 1. The van der Waals surface area contributed by atoms with Gasteiger partial charge in [-0.15, -0.1) is 0 Å². The van der Waals surface area contributed by atoms with E-state index < -0.39 is 0 Å². The molecule has 0 heterocycles. The smallest absolute Gasteiger partial charge is 0.0996 e. The highest BCUT2D eigenvalue weighted by atomic mass is 15.4. The van der Waals surface area contributed by atoms with Gasteiger partial charge >= 0.3 is 0 Å². The Bertz CT molecular complexity index is 335. The van der Waals surface area contributed by atoms with E-state index in [0.29, 0.717) is 5.54 Å². The molecule has 0 aliphatic heterocycles. The van der Waals surface area contributed by atoms with Gasteiger partial charge in [0.25, 0.3) is 0 Å². The van der Waals surface area contributed by atoms with Gasteiger partial charge in [0.05, 0.1) is 26.2 Å². The van der Waals surface area contributed by atoms with Gasteiger partial charge in [0.15, 0.2) is 0 Å². The highest BCUT2D eigenvalue weighted by Crippen LogP contribution is 2.59. The van der Waals surface area contributed by atoms with Crippen LogP contribution in [-0.2, 0) is 0 Å². The van der Waals surface area contributed by atoms with E-state index in [1.807, 2.05) is 0 Å². The molecule has 0 radical (unpaired) electrons. The number of rotatable bonds is 10. The van der Waals surface area contributed by atoms with Gasteiger partial charge in [-0.2, -0.15) is 0 Å². The highest BCUT2D eigenvalue weighted by molar-refractivity contribution is 5.03. The molecule has 0 atom stereocenters. The molecule has 4 aliphatic rings. The van der Waals surface area contributed by atoms with Gasteiger partial charge < -0.3 is 4.48 Å². The van der Waals surface area contributed by atoms with Crippen molar-refractivity contribution in [3.8, 4) is 0 Å². The van der Waals surface area contributed by atoms with Crippen LogP contribution < -0.4 is 0 Å². The van der Waals surface area contributed by atoms with Crippen molar-refractivity contribution in [2.45, 2.75) is 102 Å². The van der Waals surface area contributed by atoms with E-state index in [-0.39, 0.29) is 0 Å². The molecule has 23 heavy (non-hydrogen) atoms. The fourth-order valence-electron chi connectivity index (χ4n) is 6.68. The summed E-state index contributed by atoms with van der Waals surface area (Å²) in [6.45, 7) is 3.74. The summed E-state index contributed by atoms with van der Waals surface area (Å²) in [4.78, 5) is 0. The average Bonchev–Trinajstić information content (AvgIpc) is 2.48. The van der Waals surface area contributed by atoms with Crippen molar-refractivity contribution < 1.29 is 4.48 Å². The van der Waals surface area contributed by atoms with Crippen molar-refractivity contribution in [2.24, 2.45) is 17.8 Å². The zero-order chi connectivity index (χ0) is 16.3. The summed E-state index contributed by atoms with van der Waals surface area (Å²) >= 11 is 0. The van der Waals surface area contributed by atoms with Gasteiger partial charge in [-0.05, 0) is 49.9 Å². The second-order valence-corrected chi connectivity index (χ2v) is 10.0. The van der Waals surface area contributed by atoms with Gasteiger partial charge in [-0.25, -0.2) is 0 Å². The first-order chi connectivity index (χ1) is 11.0. The Hall–Kier alpha value is -0.0400. The summed E-state index contributed by atoms with van der Waals surface area (Å²) in [5, 5.41) is 0. The topological polar surface area (TPSA) is 0 Å². The van der Waals surface area contributed by atoms with Crippen molar-refractivity contribution in [3.05, 3.63) is 0 Å². The van der Waals surface area contributed by atoms with Crippen LogP contribution in [0.4, 0.5) is 0 Å². The quantitative estimate of drug-likeness (QED) is 0.333. The van der Waals surface area contributed by atoms with E-state index in [9.17, 15) is 0 Å². The highest BCUT2D eigenvalue weighted by Gasteiger charge is 2.58. The SMILES string of the molecule is CCCCCCCCCC[N+](C)(C)C12CC3CC(CC(C3)C1)C2. The predicted molar refractivity (Wildman–Crippen MR) is 100 cm³/mol. The van der Waals surface area contributed by atoms with Crippen LogP contribution in [0.25, 0.3) is 0 Å². The molecular formula is C22H42N+. The van der Waals surface area contributed by atoms with E-state index in [1.54, 1.807) is 38.5 Å². The normalized spacial score (nSPS) is 35.9. The second-order valence-electron chi connectivity index (χ2n) is 10.0. The monoisotopic (exact) mass is 320 g/mol. The van der Waals surface area contributed by atoms with Crippen LogP contribution >= 0.6 is 0 Å². The van der Waals surface area contributed by atoms with E-state index in [0.717, 1.165) is 17.8 Å². The van der Waals surface area contributed by atoms with Crippen LogP contribution in [0.1, 0.15) is 96.8 Å². The van der Waals surface area contributed by atoms with Crippen LogP contribution in [0.2, 0.25) is 0 Å². The van der Waals surface area contributed by atoms with Crippen LogP contribution in [0.5, 0.6) is 0 Å². The molecule has 4 fully saturated rings. The summed E-state index contributed by atoms with van der Waals surface area (Å²) in [5.41, 5.74) is 0.676. The van der Waals surface area contributed by atoms with Crippen LogP contribution in [0, 0.1) is 17.8 Å². The number of nitrogens with zero attached hydrogens (tertiary/aromatic N) is 1. The summed E-state index contributed by atoms with van der Waals surface area (Å²) in [6.07, 6.45) is 21.1. The Balaban J connectivity index is 1.41. The predicted octanol–water partition coefficient (Wildman–Crippen LogP) is 6.17. The first kappa shape index (κ1) is 17.8. The Morgan fingerprint density at radius 3 is 1.61 bits per heavy atom. The number of unbranched alkanes of at least 4 members (excludes halogenated alkanes) is 7. The third kappa shape index (κ3) is 3.97. The zero-order valence-electron chi connectivity index (χ0n) is 16.3. The van der Waals surface area contributed by atoms with Gasteiger partial charge in [0.2, 0.25) is 0 Å². The van der Waals surface area contributed by atoms with Gasteiger partial charge in [-0.1, -0.05) is 45.4 Å². The molecule has 0 spiro atoms. The Morgan fingerprint density at radius 1 is 0.696 bits per heavy atom. The van der Waals surface area contributed by atoms with E-state index in [2.05, 4.69) is 21.0 Å². The van der Waals surface area contributed by atoms with E-state index in [1.165, 1.54) is 62.4 Å². The van der Waals surface area contributed by atoms with Crippen molar-refractivity contribution in [2.75, 3.05) is 20.6 Å². The number of hydrogen-bond acceptors (Lipinski definition) is 0. The molecule has 134 valence electrons. The van der Waals surface area contributed by atoms with Crippen LogP contribution in [-0.4, -0.2) is 30.7 Å². The molecule has 1 heteroatoms. The minimum atomic E-state index is 0.676. The molecule has 4 bridgehead atoms. The first-order valence-corrected chi connectivity index (χ1v) is 10.9. The molecular weight excluding hydrogens is 278 g/mol. The van der Waals surface area contributed by atoms with E-state index in [4.69, 9.17) is 0 Å². The van der Waals surface area contributed by atoms with Gasteiger partial charge in [0, 0.05) is 19.3 Å². The van der Waals surface area contributed by atoms with Crippen molar-refractivity contribution in [3.63, 3.8) is 0 Å². The molecule has 0 N–H and O–H groups in total. The zero-order valence-corrected chi connectivity index (χ0v) is 16.3. The van der Waals surface area contributed by atoms with E-state index >= 15 is 0 Å². The van der Waals surface area contributed by atoms with Crippen LogP contribution in [0.3, 0.4) is 0 Å². The summed E-state index contributed by atoms with van der Waals surface area (Å²) < 4.78 is 1.34. The Labute approximate surface area is 145 Å². The molecule has 4 rings (SSSR count). The summed E-state index contributed by atoms with van der Waals surface area (Å²) in [7, 11) is 5.16. The maximum atomic E-state index is 2.58. The van der Waals surface area contributed by atoms with Gasteiger partial charge in [0.1, 0.15) is 0 Å². The lowest BCUT2D eigenvalue weighted by Crippen LogP contribution is -2.67. The van der Waals surface area contributed by atoms with Crippen molar-refractivity contribution in [1.82, 2.24) is 0 Å². The summed E-state index contributed by atoms with van der Waals surface area (Å²) in [5.74, 6) is 3.28. The van der Waals surface area contributed by atoms with Gasteiger partial charge in [-0.3, -0.25) is 0 Å². The Kier molecular flexibility index (Phi) is 5.76. The lowest BCUT2D eigenvalue weighted by molar-refractivity contribution is -0.948. The lowest BCUT2D eigenvalue weighted by Gasteiger charge is -2.62. The molecule has 1 nitrogen and oxygen atoms in total.